The Morgan fingerprint density at radius 3 is 2.36 bits per heavy atom. The molecule has 0 amide bonds. The van der Waals surface area contributed by atoms with Crippen LogP contribution in [0.25, 0.3) is 27.8 Å². The number of fused-ring (bicyclic) bond motifs is 1. The van der Waals surface area contributed by atoms with E-state index < -0.39 is 0 Å². The molecule has 28 heavy (non-hydrogen) atoms. The van der Waals surface area contributed by atoms with Crippen molar-refractivity contribution in [1.29, 1.82) is 5.26 Å². The van der Waals surface area contributed by atoms with Gasteiger partial charge in [0.15, 0.2) is 5.69 Å². The zero-order valence-corrected chi connectivity index (χ0v) is 16.1. The van der Waals surface area contributed by atoms with Gasteiger partial charge in [0.25, 0.3) is 5.82 Å². The van der Waals surface area contributed by atoms with Gasteiger partial charge in [-0.3, -0.25) is 0 Å². The number of rotatable bonds is 3. The summed E-state index contributed by atoms with van der Waals surface area (Å²) in [5.41, 5.74) is 12.0. The summed E-state index contributed by atoms with van der Waals surface area (Å²) in [7, 11) is 3.99. The van der Waals surface area contributed by atoms with E-state index in [0.717, 1.165) is 33.6 Å². The predicted octanol–water partition coefficient (Wildman–Crippen LogP) is 3.33. The maximum absolute atomic E-state index is 9.78. The van der Waals surface area contributed by atoms with E-state index in [1.54, 1.807) is 0 Å². The molecule has 0 saturated heterocycles. The summed E-state index contributed by atoms with van der Waals surface area (Å²) in [6.45, 7) is 1.98. The Labute approximate surface area is 163 Å². The number of H-pyrrole nitrogens is 1. The molecule has 3 N–H and O–H groups in total. The summed E-state index contributed by atoms with van der Waals surface area (Å²) in [4.78, 5) is 6.59. The van der Waals surface area contributed by atoms with E-state index in [0.29, 0.717) is 11.2 Å². The Balaban J connectivity index is 2.05. The number of hydrogen-bond donors (Lipinski definition) is 2. The molecule has 0 bridgehead atoms. The second-order valence-corrected chi connectivity index (χ2v) is 6.91. The Morgan fingerprint density at radius 1 is 1.07 bits per heavy atom. The minimum Gasteiger partial charge on any atom is -0.378 e. The molecule has 0 aliphatic rings. The number of nitrogens with zero attached hydrogens (tertiary/aromatic N) is 4. The number of aromatic amines is 1. The minimum atomic E-state index is 0.227. The van der Waals surface area contributed by atoms with Crippen LogP contribution in [0, 0.1) is 18.3 Å². The zero-order chi connectivity index (χ0) is 19.8. The molecule has 0 atom stereocenters. The first kappa shape index (κ1) is 17.6. The first-order valence-corrected chi connectivity index (χ1v) is 8.98. The quantitative estimate of drug-likeness (QED) is 0.542. The summed E-state index contributed by atoms with van der Waals surface area (Å²) < 4.78 is 1.90. The van der Waals surface area contributed by atoms with Crippen molar-refractivity contribution in [2.45, 2.75) is 6.92 Å². The van der Waals surface area contributed by atoms with Gasteiger partial charge in [-0.2, -0.15) is 5.26 Å². The third kappa shape index (κ3) is 2.74. The second-order valence-electron chi connectivity index (χ2n) is 6.91. The highest BCUT2D eigenvalue weighted by Gasteiger charge is 2.27. The van der Waals surface area contributed by atoms with Crippen molar-refractivity contribution in [3.8, 4) is 22.9 Å². The minimum absolute atomic E-state index is 0.227. The molecule has 2 heterocycles. The Bertz CT molecular complexity index is 1200. The number of nitriles is 1. The van der Waals surface area contributed by atoms with Crippen LogP contribution in [-0.4, -0.2) is 24.2 Å². The molecule has 6 heteroatoms. The maximum Gasteiger partial charge on any atom is 0.359 e. The van der Waals surface area contributed by atoms with E-state index in [9.17, 15) is 5.26 Å². The normalized spacial score (nSPS) is 10.8. The number of nitrogens with one attached hydrogen (secondary N) is 1. The average molecular weight is 369 g/mol. The fraction of sp³-hybridized carbons (Fsp3) is 0.136. The molecule has 4 aromatic rings. The monoisotopic (exact) mass is 369 g/mol. The molecule has 138 valence electrons. The van der Waals surface area contributed by atoms with E-state index in [4.69, 9.17) is 5.73 Å². The lowest BCUT2D eigenvalue weighted by atomic mass is 9.96. The average Bonchev–Trinajstić information content (AvgIpc) is 3.03. The van der Waals surface area contributed by atoms with Crippen molar-refractivity contribution in [3.05, 3.63) is 65.9 Å². The van der Waals surface area contributed by atoms with E-state index in [2.05, 4.69) is 16.2 Å². The van der Waals surface area contributed by atoms with Gasteiger partial charge >= 0.3 is 5.65 Å². The molecule has 4 rings (SSSR count). The van der Waals surface area contributed by atoms with E-state index >= 15 is 0 Å². The van der Waals surface area contributed by atoms with Gasteiger partial charge in [-0.25, -0.2) is 5.10 Å². The van der Waals surface area contributed by atoms with E-state index in [1.165, 1.54) is 0 Å². The number of anilines is 2. The summed E-state index contributed by atoms with van der Waals surface area (Å²) in [6.07, 6.45) is 0. The second kappa shape index (κ2) is 6.71. The number of para-hydroxylation sites is 1. The summed E-state index contributed by atoms with van der Waals surface area (Å²) in [5, 5.41) is 14.0. The Kier molecular flexibility index (Phi) is 4.21. The van der Waals surface area contributed by atoms with Crippen LogP contribution >= 0.6 is 0 Å². The van der Waals surface area contributed by atoms with Gasteiger partial charge in [0.1, 0.15) is 17.0 Å². The number of nitrogens with two attached hydrogens (primary N) is 1. The van der Waals surface area contributed by atoms with Crippen molar-refractivity contribution in [2.24, 2.45) is 0 Å². The van der Waals surface area contributed by atoms with Crippen molar-refractivity contribution < 1.29 is 4.68 Å². The number of hydrogen-bond acceptors (Lipinski definition) is 4. The molecule has 0 aliphatic carbocycles. The molecule has 0 fully saturated rings. The molecule has 0 saturated carbocycles. The van der Waals surface area contributed by atoms with Gasteiger partial charge in [0.05, 0.1) is 5.69 Å². The maximum atomic E-state index is 9.78. The third-order valence-electron chi connectivity index (χ3n) is 4.87. The fourth-order valence-corrected chi connectivity index (χ4v) is 3.48. The predicted molar refractivity (Wildman–Crippen MR) is 111 cm³/mol. The lowest BCUT2D eigenvalue weighted by molar-refractivity contribution is -0.632. The topological polar surface area (TPSA) is 85.6 Å². The van der Waals surface area contributed by atoms with Crippen molar-refractivity contribution >= 4 is 22.5 Å². The summed E-state index contributed by atoms with van der Waals surface area (Å²) in [5.74, 6) is 0.227. The number of aromatic nitrogens is 3. The highest BCUT2D eigenvalue weighted by atomic mass is 15.3. The van der Waals surface area contributed by atoms with E-state index in [1.807, 2.05) is 85.2 Å². The molecule has 2 aromatic carbocycles. The Hall–Kier alpha value is -3.85. The molecule has 0 unspecified atom stereocenters. The van der Waals surface area contributed by atoms with Crippen LogP contribution in [0.15, 0.2) is 54.6 Å². The molecule has 0 radical (unpaired) electrons. The highest BCUT2D eigenvalue weighted by Crippen LogP contribution is 2.35. The highest BCUT2D eigenvalue weighted by molar-refractivity contribution is 5.98. The van der Waals surface area contributed by atoms with Crippen molar-refractivity contribution in [2.75, 3.05) is 24.7 Å². The van der Waals surface area contributed by atoms with Crippen LogP contribution in [0.5, 0.6) is 0 Å². The van der Waals surface area contributed by atoms with Gasteiger partial charge in [-0.05, 0) is 41.7 Å². The summed E-state index contributed by atoms with van der Waals surface area (Å²) >= 11 is 0. The van der Waals surface area contributed by atoms with E-state index in [-0.39, 0.29) is 5.82 Å². The SMILES string of the molecule is Cc1[nH][n+](-c2ccccc2)c2nc(N)c(C#N)c(-c3ccc(N(C)C)cc3)c12. The third-order valence-corrected chi connectivity index (χ3v) is 4.87. The van der Waals surface area contributed by atoms with Crippen LogP contribution < -0.4 is 15.3 Å². The molecule has 0 aliphatic heterocycles. The van der Waals surface area contributed by atoms with Crippen molar-refractivity contribution in [1.82, 2.24) is 10.1 Å². The lowest BCUT2D eigenvalue weighted by Crippen LogP contribution is -2.33. The summed E-state index contributed by atoms with van der Waals surface area (Å²) in [6, 6.07) is 20.3. The largest absolute Gasteiger partial charge is 0.378 e. The van der Waals surface area contributed by atoms with Gasteiger partial charge in [-0.15, -0.1) is 4.68 Å². The molecule has 6 nitrogen and oxygen atoms in total. The number of pyridine rings is 1. The van der Waals surface area contributed by atoms with Gasteiger partial charge in [-0.1, -0.05) is 30.3 Å². The standard InChI is InChI=1S/C22H20N6/c1-14-19-20(15-9-11-16(12-10-15)27(2)3)18(13-23)21(24)25-22(19)28(26-14)17-7-5-4-6-8-17/h4-12H,1-3H3,(H2,24,25,26)/p+1. The Morgan fingerprint density at radius 2 is 1.75 bits per heavy atom. The first-order chi connectivity index (χ1) is 13.5. The first-order valence-electron chi connectivity index (χ1n) is 8.98. The van der Waals surface area contributed by atoms with Gasteiger partial charge in [0, 0.05) is 25.3 Å². The lowest BCUT2D eigenvalue weighted by Gasteiger charge is -2.13. The van der Waals surface area contributed by atoms with Gasteiger partial charge < -0.3 is 10.6 Å². The number of aryl methyl sites for hydroxylation is 1. The molecular formula is C22H21N6+. The van der Waals surface area contributed by atoms with Crippen LogP contribution in [0.4, 0.5) is 11.5 Å². The van der Waals surface area contributed by atoms with Crippen molar-refractivity contribution in [3.63, 3.8) is 0 Å². The zero-order valence-electron chi connectivity index (χ0n) is 16.1. The smallest absolute Gasteiger partial charge is 0.359 e. The van der Waals surface area contributed by atoms with Crippen LogP contribution in [0.2, 0.25) is 0 Å². The fourth-order valence-electron chi connectivity index (χ4n) is 3.48. The molecule has 0 spiro atoms. The van der Waals surface area contributed by atoms with Gasteiger partial charge in [0.2, 0.25) is 0 Å². The van der Waals surface area contributed by atoms with Crippen LogP contribution in [-0.2, 0) is 0 Å². The molecular weight excluding hydrogens is 348 g/mol. The number of nitrogen functional groups attached to an aromatic ring is 1. The number of benzene rings is 2. The molecule has 2 aromatic heterocycles. The van der Waals surface area contributed by atoms with Crippen LogP contribution in [0.1, 0.15) is 11.3 Å². The van der Waals surface area contributed by atoms with Crippen LogP contribution in [0.3, 0.4) is 0 Å².